The number of hydrogen-bond acceptors (Lipinski definition) is 7. The molecule has 3 aromatic rings. The fourth-order valence-electron chi connectivity index (χ4n) is 3.60. The first-order chi connectivity index (χ1) is 14.0. The lowest BCUT2D eigenvalue weighted by atomic mass is 10.2. The first-order valence-corrected chi connectivity index (χ1v) is 11.6. The van der Waals surface area contributed by atoms with E-state index in [0.717, 1.165) is 44.5 Å². The van der Waals surface area contributed by atoms with Crippen LogP contribution in [0.15, 0.2) is 11.1 Å². The van der Waals surface area contributed by atoms with Crippen LogP contribution in [-0.2, 0) is 19.5 Å². The number of nitrogens with zero attached hydrogens (tertiary/aromatic N) is 4. The monoisotopic (exact) mass is 431 g/mol. The van der Waals surface area contributed by atoms with Crippen molar-refractivity contribution in [2.24, 2.45) is 0 Å². The average Bonchev–Trinajstić information content (AvgIpc) is 3.24. The number of anilines is 1. The highest BCUT2D eigenvalue weighted by molar-refractivity contribution is 7.21. The van der Waals surface area contributed by atoms with E-state index in [1.54, 1.807) is 10.9 Å². The van der Waals surface area contributed by atoms with Crippen molar-refractivity contribution in [2.45, 2.75) is 52.6 Å². The number of unbranched alkanes of at least 4 members (excludes halogenated alkanes) is 2. The minimum Gasteiger partial charge on any atom is -0.301 e. The summed E-state index contributed by atoms with van der Waals surface area (Å²) in [7, 11) is 2.09. The molecule has 0 aliphatic carbocycles. The molecule has 1 amide bonds. The zero-order chi connectivity index (χ0) is 20.5. The third kappa shape index (κ3) is 3.99. The lowest BCUT2D eigenvalue weighted by Gasteiger charge is -2.20. The first-order valence-electron chi connectivity index (χ1n) is 9.95. The summed E-state index contributed by atoms with van der Waals surface area (Å²) in [6.07, 6.45) is 5.63. The van der Waals surface area contributed by atoms with E-state index in [2.05, 4.69) is 34.2 Å². The van der Waals surface area contributed by atoms with Gasteiger partial charge in [-0.3, -0.25) is 19.5 Å². The zero-order valence-corrected chi connectivity index (χ0v) is 18.6. The number of thiazole rings is 1. The molecule has 0 saturated carbocycles. The van der Waals surface area contributed by atoms with Crippen molar-refractivity contribution in [3.8, 4) is 0 Å². The number of hydrogen-bond donors (Lipinski definition) is 1. The third-order valence-electron chi connectivity index (χ3n) is 5.27. The number of carbonyl (C=O) groups excluding carboxylic acids is 1. The van der Waals surface area contributed by atoms with Gasteiger partial charge in [-0.2, -0.15) is 0 Å². The molecule has 1 aliphatic rings. The van der Waals surface area contributed by atoms with Gasteiger partial charge in [0.15, 0.2) is 5.13 Å². The molecular weight excluding hydrogens is 406 g/mol. The molecule has 9 heteroatoms. The Morgan fingerprint density at radius 3 is 2.93 bits per heavy atom. The molecule has 0 atom stereocenters. The fraction of sp³-hybridized carbons (Fsp3) is 0.500. The molecule has 1 aliphatic heterocycles. The van der Waals surface area contributed by atoms with Crippen molar-refractivity contribution in [3.05, 3.63) is 37.7 Å². The second-order valence-corrected chi connectivity index (χ2v) is 9.60. The van der Waals surface area contributed by atoms with Gasteiger partial charge in [0.2, 0.25) is 0 Å². The largest absolute Gasteiger partial charge is 0.301 e. The molecule has 29 heavy (non-hydrogen) atoms. The van der Waals surface area contributed by atoms with E-state index in [0.29, 0.717) is 32.3 Å². The van der Waals surface area contributed by atoms with E-state index in [-0.39, 0.29) is 11.5 Å². The quantitative estimate of drug-likeness (QED) is 0.603. The maximum absolute atomic E-state index is 12.9. The third-order valence-corrected chi connectivity index (χ3v) is 7.47. The van der Waals surface area contributed by atoms with Crippen molar-refractivity contribution >= 4 is 43.9 Å². The Hall–Kier alpha value is -2.10. The fourth-order valence-corrected chi connectivity index (χ4v) is 5.72. The molecule has 4 heterocycles. The summed E-state index contributed by atoms with van der Waals surface area (Å²) >= 11 is 2.80. The SMILES string of the molecule is CCCCCn1cnc2sc(C(=O)Nc3nc4c(s3)CN(C)CC4)c(C)c2c1=O. The number of fused-ring (bicyclic) bond motifs is 2. The van der Waals surface area contributed by atoms with Gasteiger partial charge in [0.05, 0.1) is 22.3 Å². The Kier molecular flexibility index (Phi) is 5.80. The van der Waals surface area contributed by atoms with Crippen LogP contribution < -0.4 is 10.9 Å². The van der Waals surface area contributed by atoms with Crippen LogP contribution in [0.5, 0.6) is 0 Å². The molecule has 3 aromatic heterocycles. The molecule has 1 N–H and O–H groups in total. The lowest BCUT2D eigenvalue weighted by Crippen LogP contribution is -2.25. The highest BCUT2D eigenvalue weighted by Crippen LogP contribution is 2.30. The molecule has 0 aromatic carbocycles. The van der Waals surface area contributed by atoms with Crippen LogP contribution in [0.25, 0.3) is 10.2 Å². The van der Waals surface area contributed by atoms with Crippen LogP contribution in [-0.4, -0.2) is 38.9 Å². The number of rotatable bonds is 6. The van der Waals surface area contributed by atoms with Gasteiger partial charge in [-0.15, -0.1) is 22.7 Å². The topological polar surface area (TPSA) is 80.1 Å². The predicted octanol–water partition coefficient (Wildman–Crippen LogP) is 3.65. The smallest absolute Gasteiger partial charge is 0.267 e. The Labute approximate surface area is 177 Å². The summed E-state index contributed by atoms with van der Waals surface area (Å²) in [6, 6.07) is 0. The normalized spacial score (nSPS) is 14.3. The molecule has 154 valence electrons. The first kappa shape index (κ1) is 20.2. The number of aromatic nitrogens is 3. The summed E-state index contributed by atoms with van der Waals surface area (Å²) in [6.45, 7) is 6.47. The number of thiophene rings is 1. The minimum absolute atomic E-state index is 0.0633. The van der Waals surface area contributed by atoms with Gasteiger partial charge in [0.25, 0.3) is 11.5 Å². The van der Waals surface area contributed by atoms with E-state index in [1.807, 2.05) is 6.92 Å². The number of aryl methyl sites for hydroxylation is 2. The summed E-state index contributed by atoms with van der Waals surface area (Å²) in [5, 5.41) is 4.11. The molecular formula is C20H25N5O2S2. The Bertz CT molecular complexity index is 1110. The van der Waals surface area contributed by atoms with Gasteiger partial charge >= 0.3 is 0 Å². The average molecular weight is 432 g/mol. The summed E-state index contributed by atoms with van der Waals surface area (Å²) in [5.41, 5.74) is 1.71. The second kappa shape index (κ2) is 8.33. The molecule has 0 fully saturated rings. The molecule has 0 bridgehead atoms. The highest BCUT2D eigenvalue weighted by atomic mass is 32.1. The standard InChI is InChI=1S/C20H25N5O2S2/c1-4-5-6-8-25-11-21-18-15(19(25)27)12(2)16(29-18)17(26)23-20-22-13-7-9-24(3)10-14(13)28-20/h11H,4-10H2,1-3H3,(H,22,23,26). The van der Waals surface area contributed by atoms with Crippen LogP contribution in [0.2, 0.25) is 0 Å². The molecule has 0 radical (unpaired) electrons. The minimum atomic E-state index is -0.220. The Morgan fingerprint density at radius 1 is 1.31 bits per heavy atom. The summed E-state index contributed by atoms with van der Waals surface area (Å²) < 4.78 is 1.66. The summed E-state index contributed by atoms with van der Waals surface area (Å²) in [5.74, 6) is -0.220. The number of likely N-dealkylation sites (N-methyl/N-ethyl adjacent to an activating group) is 1. The Balaban J connectivity index is 1.59. The van der Waals surface area contributed by atoms with Crippen molar-refractivity contribution < 1.29 is 4.79 Å². The van der Waals surface area contributed by atoms with Crippen LogP contribution in [0.1, 0.15) is 52.0 Å². The molecule has 4 rings (SSSR count). The van der Waals surface area contributed by atoms with E-state index < -0.39 is 0 Å². The molecule has 0 unspecified atom stereocenters. The van der Waals surface area contributed by atoms with Crippen LogP contribution >= 0.6 is 22.7 Å². The van der Waals surface area contributed by atoms with Gasteiger partial charge < -0.3 is 4.90 Å². The summed E-state index contributed by atoms with van der Waals surface area (Å²) in [4.78, 5) is 39.4. The van der Waals surface area contributed by atoms with Gasteiger partial charge in [-0.1, -0.05) is 19.8 Å². The zero-order valence-electron chi connectivity index (χ0n) is 16.9. The van der Waals surface area contributed by atoms with Crippen molar-refractivity contribution in [2.75, 3.05) is 18.9 Å². The Morgan fingerprint density at radius 2 is 2.14 bits per heavy atom. The van der Waals surface area contributed by atoms with Crippen molar-refractivity contribution in [3.63, 3.8) is 0 Å². The van der Waals surface area contributed by atoms with Crippen LogP contribution in [0.4, 0.5) is 5.13 Å². The molecule has 7 nitrogen and oxygen atoms in total. The van der Waals surface area contributed by atoms with Crippen molar-refractivity contribution in [1.29, 1.82) is 0 Å². The number of nitrogens with one attached hydrogen (secondary N) is 1. The van der Waals surface area contributed by atoms with E-state index in [1.165, 1.54) is 27.6 Å². The van der Waals surface area contributed by atoms with Gasteiger partial charge in [-0.05, 0) is 26.0 Å². The van der Waals surface area contributed by atoms with E-state index in [9.17, 15) is 9.59 Å². The second-order valence-electron chi connectivity index (χ2n) is 7.52. The molecule has 0 saturated heterocycles. The van der Waals surface area contributed by atoms with Gasteiger partial charge in [-0.25, -0.2) is 9.97 Å². The van der Waals surface area contributed by atoms with Crippen LogP contribution in [0.3, 0.4) is 0 Å². The van der Waals surface area contributed by atoms with E-state index >= 15 is 0 Å². The highest BCUT2D eigenvalue weighted by Gasteiger charge is 2.22. The maximum Gasteiger partial charge on any atom is 0.267 e. The number of carbonyl (C=O) groups is 1. The van der Waals surface area contributed by atoms with Gasteiger partial charge in [0.1, 0.15) is 4.83 Å². The van der Waals surface area contributed by atoms with Crippen molar-refractivity contribution in [1.82, 2.24) is 19.4 Å². The van der Waals surface area contributed by atoms with Crippen LogP contribution in [0, 0.1) is 6.92 Å². The van der Waals surface area contributed by atoms with Gasteiger partial charge in [0, 0.05) is 30.9 Å². The maximum atomic E-state index is 12.9. The molecule has 0 spiro atoms. The predicted molar refractivity (Wildman–Crippen MR) is 118 cm³/mol. The number of amides is 1. The van der Waals surface area contributed by atoms with E-state index in [4.69, 9.17) is 0 Å². The lowest BCUT2D eigenvalue weighted by molar-refractivity contribution is 0.103.